The number of hydrogen-bond donors (Lipinski definition) is 1. The Labute approximate surface area is 167 Å². The first kappa shape index (κ1) is 20.0. The van der Waals surface area contributed by atoms with E-state index >= 15 is 0 Å². The fraction of sp³-hybridized carbons (Fsp3) is 0.350. The number of amides is 2. The Morgan fingerprint density at radius 3 is 2.50 bits per heavy atom. The molecule has 7 nitrogen and oxygen atoms in total. The average Bonchev–Trinajstić information content (AvgIpc) is 3.04. The van der Waals surface area contributed by atoms with Crippen LogP contribution in [0.3, 0.4) is 0 Å². The van der Waals surface area contributed by atoms with Crippen molar-refractivity contribution in [2.45, 2.75) is 13.8 Å². The molecule has 0 spiro atoms. The highest BCUT2D eigenvalue weighted by Gasteiger charge is 2.29. The maximum Gasteiger partial charge on any atom is 0.341 e. The summed E-state index contributed by atoms with van der Waals surface area (Å²) in [6.07, 6.45) is 0. The second-order valence-corrected chi connectivity index (χ2v) is 7.23. The molecular weight excluding hydrogens is 380 g/mol. The molecule has 2 amide bonds. The van der Waals surface area contributed by atoms with Gasteiger partial charge in [0.25, 0.3) is 11.8 Å². The molecule has 2 aromatic rings. The van der Waals surface area contributed by atoms with Crippen molar-refractivity contribution < 1.29 is 23.9 Å². The molecule has 8 heteroatoms. The fourth-order valence-corrected chi connectivity index (χ4v) is 4.09. The normalized spacial score (nSPS) is 13.9. The Morgan fingerprint density at radius 2 is 1.86 bits per heavy atom. The number of carbonyl (C=O) groups is 3. The van der Waals surface area contributed by atoms with Gasteiger partial charge in [0, 0.05) is 18.7 Å². The molecule has 1 aliphatic rings. The molecule has 1 N–H and O–H groups in total. The summed E-state index contributed by atoms with van der Waals surface area (Å²) >= 11 is 1.10. The number of nitrogens with zero attached hydrogens (tertiary/aromatic N) is 1. The third-order valence-corrected chi connectivity index (χ3v) is 5.58. The Bertz CT molecular complexity index is 872. The van der Waals surface area contributed by atoms with Crippen molar-refractivity contribution in [3.8, 4) is 0 Å². The molecular formula is C20H22N2O5S. The monoisotopic (exact) mass is 402 g/mol. The summed E-state index contributed by atoms with van der Waals surface area (Å²) in [4.78, 5) is 40.1. The van der Waals surface area contributed by atoms with Crippen LogP contribution in [0.1, 0.15) is 42.9 Å². The molecule has 1 aromatic carbocycles. The van der Waals surface area contributed by atoms with Crippen molar-refractivity contribution in [3.05, 3.63) is 51.9 Å². The van der Waals surface area contributed by atoms with E-state index in [0.717, 1.165) is 11.3 Å². The summed E-state index contributed by atoms with van der Waals surface area (Å²) < 4.78 is 10.4. The highest BCUT2D eigenvalue weighted by Crippen LogP contribution is 2.35. The van der Waals surface area contributed by atoms with Gasteiger partial charge in [-0.1, -0.05) is 18.2 Å². The van der Waals surface area contributed by atoms with Crippen molar-refractivity contribution >= 4 is 34.1 Å². The number of esters is 1. The second kappa shape index (κ2) is 8.99. The molecule has 28 heavy (non-hydrogen) atoms. The van der Waals surface area contributed by atoms with Gasteiger partial charge in [-0.15, -0.1) is 11.3 Å². The van der Waals surface area contributed by atoms with Crippen LogP contribution < -0.4 is 5.32 Å². The van der Waals surface area contributed by atoms with Gasteiger partial charge in [0.15, 0.2) is 0 Å². The number of carbonyl (C=O) groups excluding carboxylic acids is 3. The lowest BCUT2D eigenvalue weighted by Gasteiger charge is -2.26. The Morgan fingerprint density at radius 1 is 1.18 bits per heavy atom. The van der Waals surface area contributed by atoms with E-state index in [2.05, 4.69) is 5.32 Å². The Kier molecular flexibility index (Phi) is 6.43. The van der Waals surface area contributed by atoms with Crippen LogP contribution in [0.4, 0.5) is 5.00 Å². The van der Waals surface area contributed by atoms with Gasteiger partial charge < -0.3 is 19.7 Å². The molecule has 0 saturated carbocycles. The standard InChI is InChI=1S/C20H22N2O5S/c1-3-27-20(25)15-13(2)16(19(24)22-9-11-26-12-10-22)28-18(15)21-17(23)14-7-5-4-6-8-14/h4-8H,3,9-12H2,1-2H3,(H,21,23). The molecule has 3 rings (SSSR count). The minimum absolute atomic E-state index is 0.170. The minimum Gasteiger partial charge on any atom is -0.462 e. The highest BCUT2D eigenvalue weighted by molar-refractivity contribution is 7.18. The van der Waals surface area contributed by atoms with E-state index in [1.54, 1.807) is 43.0 Å². The number of benzene rings is 1. The second-order valence-electron chi connectivity index (χ2n) is 6.21. The van der Waals surface area contributed by atoms with Crippen LogP contribution in [0.5, 0.6) is 0 Å². The molecule has 1 saturated heterocycles. The third-order valence-electron chi connectivity index (χ3n) is 4.38. The van der Waals surface area contributed by atoms with Gasteiger partial charge in [-0.3, -0.25) is 9.59 Å². The van der Waals surface area contributed by atoms with Crippen molar-refractivity contribution in [2.75, 3.05) is 38.2 Å². The molecule has 0 atom stereocenters. The Hall–Kier alpha value is -2.71. The number of morpholine rings is 1. The summed E-state index contributed by atoms with van der Waals surface area (Å²) in [5, 5.41) is 3.09. The zero-order valence-electron chi connectivity index (χ0n) is 15.8. The Balaban J connectivity index is 1.94. The van der Waals surface area contributed by atoms with Gasteiger partial charge in [0.2, 0.25) is 0 Å². The lowest BCUT2D eigenvalue weighted by Crippen LogP contribution is -2.40. The van der Waals surface area contributed by atoms with Crippen molar-refractivity contribution in [2.24, 2.45) is 0 Å². The van der Waals surface area contributed by atoms with E-state index in [9.17, 15) is 14.4 Å². The SMILES string of the molecule is CCOC(=O)c1c(NC(=O)c2ccccc2)sc(C(=O)N2CCOCC2)c1C. The van der Waals surface area contributed by atoms with Crippen molar-refractivity contribution in [1.29, 1.82) is 0 Å². The fourth-order valence-electron chi connectivity index (χ4n) is 2.93. The van der Waals surface area contributed by atoms with Gasteiger partial charge in [0.1, 0.15) is 5.00 Å². The molecule has 2 heterocycles. The van der Waals surface area contributed by atoms with Gasteiger partial charge in [0.05, 0.1) is 30.3 Å². The highest BCUT2D eigenvalue weighted by atomic mass is 32.1. The van der Waals surface area contributed by atoms with Crippen LogP contribution in [0.25, 0.3) is 0 Å². The van der Waals surface area contributed by atoms with Gasteiger partial charge >= 0.3 is 5.97 Å². The van der Waals surface area contributed by atoms with Crippen LogP contribution in [0, 0.1) is 6.92 Å². The minimum atomic E-state index is -0.555. The molecule has 0 radical (unpaired) electrons. The molecule has 1 aromatic heterocycles. The first-order valence-electron chi connectivity index (χ1n) is 9.06. The molecule has 148 valence electrons. The van der Waals surface area contributed by atoms with Gasteiger partial charge in [-0.2, -0.15) is 0 Å². The number of ether oxygens (including phenoxy) is 2. The summed E-state index contributed by atoms with van der Waals surface area (Å²) in [5.74, 6) is -1.07. The molecule has 0 aliphatic carbocycles. The van der Waals surface area contributed by atoms with E-state index in [4.69, 9.17) is 9.47 Å². The summed E-state index contributed by atoms with van der Waals surface area (Å²) in [5.41, 5.74) is 1.21. The molecule has 0 bridgehead atoms. The van der Waals surface area contributed by atoms with Crippen LogP contribution in [-0.4, -0.2) is 55.6 Å². The van der Waals surface area contributed by atoms with Crippen LogP contribution in [0.2, 0.25) is 0 Å². The van der Waals surface area contributed by atoms with Gasteiger partial charge in [-0.05, 0) is 31.5 Å². The quantitative estimate of drug-likeness (QED) is 0.778. The van der Waals surface area contributed by atoms with Crippen LogP contribution in [0.15, 0.2) is 30.3 Å². The summed E-state index contributed by atoms with van der Waals surface area (Å²) in [6.45, 7) is 5.58. The van der Waals surface area contributed by atoms with E-state index in [1.165, 1.54) is 0 Å². The number of nitrogens with one attached hydrogen (secondary N) is 1. The zero-order chi connectivity index (χ0) is 20.1. The summed E-state index contributed by atoms with van der Waals surface area (Å²) in [7, 11) is 0. The van der Waals surface area contributed by atoms with Crippen molar-refractivity contribution in [3.63, 3.8) is 0 Å². The predicted molar refractivity (Wildman–Crippen MR) is 106 cm³/mol. The lowest BCUT2D eigenvalue weighted by molar-refractivity contribution is 0.0305. The number of hydrogen-bond acceptors (Lipinski definition) is 6. The smallest absolute Gasteiger partial charge is 0.341 e. The summed E-state index contributed by atoms with van der Waals surface area (Å²) in [6, 6.07) is 8.69. The molecule has 1 aliphatic heterocycles. The number of thiophene rings is 1. The van der Waals surface area contributed by atoms with Gasteiger partial charge in [-0.25, -0.2) is 4.79 Å². The van der Waals surface area contributed by atoms with Crippen LogP contribution >= 0.6 is 11.3 Å². The first-order valence-corrected chi connectivity index (χ1v) is 9.88. The van der Waals surface area contributed by atoms with Crippen LogP contribution in [-0.2, 0) is 9.47 Å². The van der Waals surface area contributed by atoms with E-state index in [-0.39, 0.29) is 24.0 Å². The zero-order valence-corrected chi connectivity index (χ0v) is 16.6. The average molecular weight is 402 g/mol. The topological polar surface area (TPSA) is 84.9 Å². The number of anilines is 1. The predicted octanol–water partition coefficient (Wildman–Crippen LogP) is 2.96. The van der Waals surface area contributed by atoms with E-state index < -0.39 is 5.97 Å². The maximum atomic E-state index is 12.9. The lowest BCUT2D eigenvalue weighted by atomic mass is 10.1. The first-order chi connectivity index (χ1) is 13.5. The molecule has 1 fully saturated rings. The third kappa shape index (κ3) is 4.23. The largest absolute Gasteiger partial charge is 0.462 e. The van der Waals surface area contributed by atoms with E-state index in [1.807, 2.05) is 6.07 Å². The van der Waals surface area contributed by atoms with E-state index in [0.29, 0.717) is 47.3 Å². The van der Waals surface area contributed by atoms with Crippen molar-refractivity contribution in [1.82, 2.24) is 4.90 Å². The number of rotatable bonds is 5. The molecule has 0 unspecified atom stereocenters. The maximum absolute atomic E-state index is 12.9.